The van der Waals surface area contributed by atoms with Crippen LogP contribution in [0.15, 0.2) is 29.8 Å². The van der Waals surface area contributed by atoms with Gasteiger partial charge in [0.15, 0.2) is 0 Å². The number of nitrogens with two attached hydrogens (primary N) is 1. The Hall–Kier alpha value is -1.24. The van der Waals surface area contributed by atoms with Crippen molar-refractivity contribution < 1.29 is 0 Å². The second kappa shape index (κ2) is 5.60. The molecule has 1 aliphatic carbocycles. The molecule has 0 heterocycles. The van der Waals surface area contributed by atoms with Crippen molar-refractivity contribution in [1.82, 2.24) is 0 Å². The van der Waals surface area contributed by atoms with Crippen molar-refractivity contribution in [2.45, 2.75) is 58.3 Å². The first-order valence-electron chi connectivity index (χ1n) is 7.16. The number of allylic oxidation sites excluding steroid dienone is 2. The Bertz CT molecular complexity index is 437. The SMILES string of the molecule is CCC(C=C(C)C)c1ccc(C2CCC2)c(N)c1. The number of nitrogen functional groups attached to an aromatic ring is 1. The van der Waals surface area contributed by atoms with Crippen LogP contribution in [0, 0.1) is 0 Å². The average molecular weight is 243 g/mol. The topological polar surface area (TPSA) is 26.0 Å². The lowest BCUT2D eigenvalue weighted by molar-refractivity contribution is 0.421. The van der Waals surface area contributed by atoms with E-state index in [1.54, 1.807) is 0 Å². The van der Waals surface area contributed by atoms with Gasteiger partial charge in [-0.05, 0) is 56.2 Å². The van der Waals surface area contributed by atoms with Crippen molar-refractivity contribution in [2.75, 3.05) is 5.73 Å². The Kier molecular flexibility index (Phi) is 4.11. The summed E-state index contributed by atoms with van der Waals surface area (Å²) in [4.78, 5) is 0. The van der Waals surface area contributed by atoms with Gasteiger partial charge >= 0.3 is 0 Å². The quantitative estimate of drug-likeness (QED) is 0.584. The maximum Gasteiger partial charge on any atom is 0.0352 e. The van der Waals surface area contributed by atoms with Crippen LogP contribution in [-0.2, 0) is 0 Å². The molecule has 0 spiro atoms. The summed E-state index contributed by atoms with van der Waals surface area (Å²) in [6, 6.07) is 6.73. The summed E-state index contributed by atoms with van der Waals surface area (Å²) in [6.07, 6.45) is 7.47. The zero-order chi connectivity index (χ0) is 13.1. The van der Waals surface area contributed by atoms with Crippen molar-refractivity contribution in [3.05, 3.63) is 41.0 Å². The zero-order valence-electron chi connectivity index (χ0n) is 11.9. The van der Waals surface area contributed by atoms with E-state index >= 15 is 0 Å². The minimum absolute atomic E-state index is 0.507. The van der Waals surface area contributed by atoms with Gasteiger partial charge in [0.05, 0.1) is 0 Å². The van der Waals surface area contributed by atoms with Gasteiger partial charge in [-0.25, -0.2) is 0 Å². The Morgan fingerprint density at radius 3 is 2.56 bits per heavy atom. The van der Waals surface area contributed by atoms with E-state index in [0.29, 0.717) is 5.92 Å². The van der Waals surface area contributed by atoms with Gasteiger partial charge in [-0.15, -0.1) is 0 Å². The molecule has 1 nitrogen and oxygen atoms in total. The normalized spacial score (nSPS) is 17.1. The summed E-state index contributed by atoms with van der Waals surface area (Å²) in [5.74, 6) is 1.23. The molecule has 18 heavy (non-hydrogen) atoms. The lowest BCUT2D eigenvalue weighted by atomic mass is 9.78. The molecule has 2 N–H and O–H groups in total. The van der Waals surface area contributed by atoms with Gasteiger partial charge in [0, 0.05) is 11.6 Å². The highest BCUT2D eigenvalue weighted by Gasteiger charge is 2.21. The molecule has 1 atom stereocenters. The van der Waals surface area contributed by atoms with Crippen LogP contribution in [0.2, 0.25) is 0 Å². The predicted octanol–water partition coefficient (Wildman–Crippen LogP) is 5.00. The van der Waals surface area contributed by atoms with Gasteiger partial charge in [-0.2, -0.15) is 0 Å². The summed E-state index contributed by atoms with van der Waals surface area (Å²) in [7, 11) is 0. The van der Waals surface area contributed by atoms with Crippen LogP contribution >= 0.6 is 0 Å². The molecule has 1 saturated carbocycles. The molecular formula is C17H25N. The van der Waals surface area contributed by atoms with Crippen LogP contribution in [0.3, 0.4) is 0 Å². The van der Waals surface area contributed by atoms with E-state index in [1.807, 2.05) is 0 Å². The molecule has 1 fully saturated rings. The van der Waals surface area contributed by atoms with E-state index in [0.717, 1.165) is 18.0 Å². The molecule has 0 saturated heterocycles. The van der Waals surface area contributed by atoms with Gasteiger partial charge in [-0.3, -0.25) is 0 Å². The van der Waals surface area contributed by atoms with Gasteiger partial charge in [0.1, 0.15) is 0 Å². The first kappa shape index (κ1) is 13.2. The average Bonchev–Trinajstić information content (AvgIpc) is 2.26. The Labute approximate surface area is 111 Å². The molecule has 0 aromatic heterocycles. The standard InChI is InChI=1S/C17H25N/c1-4-13(10-12(2)3)15-8-9-16(17(18)11-15)14-6-5-7-14/h8-11,13-14H,4-7,18H2,1-3H3. The molecule has 0 amide bonds. The fourth-order valence-corrected chi connectivity index (χ4v) is 2.77. The van der Waals surface area contributed by atoms with Crippen LogP contribution in [0.4, 0.5) is 5.69 Å². The van der Waals surface area contributed by atoms with Gasteiger partial charge < -0.3 is 5.73 Å². The van der Waals surface area contributed by atoms with Crippen LogP contribution in [0.25, 0.3) is 0 Å². The maximum absolute atomic E-state index is 6.23. The number of benzene rings is 1. The lowest BCUT2D eigenvalue weighted by Crippen LogP contribution is -2.11. The monoisotopic (exact) mass is 243 g/mol. The summed E-state index contributed by atoms with van der Waals surface area (Å²) < 4.78 is 0. The Morgan fingerprint density at radius 2 is 2.11 bits per heavy atom. The van der Waals surface area contributed by atoms with Crippen LogP contribution in [-0.4, -0.2) is 0 Å². The van der Waals surface area contributed by atoms with Crippen molar-refractivity contribution in [3.8, 4) is 0 Å². The summed E-state index contributed by atoms with van der Waals surface area (Å²) in [5, 5.41) is 0. The molecule has 1 aromatic rings. The van der Waals surface area contributed by atoms with Crippen molar-refractivity contribution in [2.24, 2.45) is 0 Å². The number of hydrogen-bond donors (Lipinski definition) is 1. The third-order valence-corrected chi connectivity index (χ3v) is 4.06. The van der Waals surface area contributed by atoms with Crippen molar-refractivity contribution >= 4 is 5.69 Å². The van der Waals surface area contributed by atoms with Crippen LogP contribution in [0.1, 0.15) is 69.4 Å². The number of hydrogen-bond acceptors (Lipinski definition) is 1. The second-order valence-corrected chi connectivity index (χ2v) is 5.77. The minimum atomic E-state index is 0.507. The molecule has 1 heteroatoms. The number of rotatable bonds is 4. The first-order chi connectivity index (χ1) is 8.61. The van der Waals surface area contributed by atoms with Gasteiger partial charge in [0.2, 0.25) is 0 Å². The third-order valence-electron chi connectivity index (χ3n) is 4.06. The van der Waals surface area contributed by atoms with Crippen molar-refractivity contribution in [1.29, 1.82) is 0 Å². The summed E-state index contributed by atoms with van der Waals surface area (Å²) in [5.41, 5.74) is 11.3. The first-order valence-corrected chi connectivity index (χ1v) is 7.16. The fourth-order valence-electron chi connectivity index (χ4n) is 2.77. The Morgan fingerprint density at radius 1 is 1.39 bits per heavy atom. The van der Waals surface area contributed by atoms with Crippen LogP contribution in [0.5, 0.6) is 0 Å². The highest BCUT2D eigenvalue weighted by Crippen LogP contribution is 2.40. The maximum atomic E-state index is 6.23. The molecule has 1 unspecified atom stereocenters. The van der Waals surface area contributed by atoms with E-state index in [1.165, 1.54) is 36.0 Å². The van der Waals surface area contributed by atoms with Crippen molar-refractivity contribution in [3.63, 3.8) is 0 Å². The van der Waals surface area contributed by atoms with E-state index < -0.39 is 0 Å². The summed E-state index contributed by atoms with van der Waals surface area (Å²) in [6.45, 7) is 6.56. The Balaban J connectivity index is 2.24. The van der Waals surface area contributed by atoms with E-state index in [2.05, 4.69) is 45.0 Å². The molecule has 0 radical (unpaired) electrons. The molecule has 0 aliphatic heterocycles. The van der Waals surface area contributed by atoms with E-state index in [4.69, 9.17) is 5.73 Å². The highest BCUT2D eigenvalue weighted by molar-refractivity contribution is 5.52. The van der Waals surface area contributed by atoms with E-state index in [-0.39, 0.29) is 0 Å². The molecule has 1 aliphatic rings. The molecule has 0 bridgehead atoms. The largest absolute Gasteiger partial charge is 0.398 e. The second-order valence-electron chi connectivity index (χ2n) is 5.77. The molecule has 98 valence electrons. The third kappa shape index (κ3) is 2.77. The highest BCUT2D eigenvalue weighted by atomic mass is 14.6. The zero-order valence-corrected chi connectivity index (χ0v) is 11.9. The minimum Gasteiger partial charge on any atom is -0.398 e. The predicted molar refractivity (Wildman–Crippen MR) is 79.9 cm³/mol. The number of anilines is 1. The fraction of sp³-hybridized carbons (Fsp3) is 0.529. The van der Waals surface area contributed by atoms with E-state index in [9.17, 15) is 0 Å². The molecule has 1 aromatic carbocycles. The molecule has 2 rings (SSSR count). The molecular weight excluding hydrogens is 218 g/mol. The van der Waals surface area contributed by atoms with Gasteiger partial charge in [0.25, 0.3) is 0 Å². The summed E-state index contributed by atoms with van der Waals surface area (Å²) >= 11 is 0. The lowest BCUT2D eigenvalue weighted by Gasteiger charge is -2.27. The van der Waals surface area contributed by atoms with Crippen LogP contribution < -0.4 is 5.73 Å². The smallest absolute Gasteiger partial charge is 0.0352 e. The van der Waals surface area contributed by atoms with Gasteiger partial charge in [-0.1, -0.05) is 37.1 Å².